The van der Waals surface area contributed by atoms with E-state index in [0.717, 1.165) is 10.9 Å². The minimum atomic E-state index is -0.791. The maximum absolute atomic E-state index is 11.3. The van der Waals surface area contributed by atoms with Crippen LogP contribution in [0.1, 0.15) is 6.42 Å². The topological polar surface area (TPSA) is 107 Å². The Labute approximate surface area is 137 Å². The second-order valence-corrected chi connectivity index (χ2v) is 5.00. The van der Waals surface area contributed by atoms with Gasteiger partial charge in [0.1, 0.15) is 11.5 Å². The van der Waals surface area contributed by atoms with E-state index in [0.29, 0.717) is 29.7 Å². The van der Waals surface area contributed by atoms with E-state index >= 15 is 0 Å². The fraction of sp³-hybridized carbons (Fsp3) is 0.0588. The monoisotopic (exact) mass is 322 g/mol. The molecular weight excluding hydrogens is 308 g/mol. The average molecular weight is 322 g/mol. The normalized spacial score (nSPS) is 15.6. The smallest absolute Gasteiger partial charge is 0.332 e. The van der Waals surface area contributed by atoms with Gasteiger partial charge in [-0.3, -0.25) is 9.78 Å². The zero-order valence-electron chi connectivity index (χ0n) is 12.6. The molecule has 1 aliphatic carbocycles. The van der Waals surface area contributed by atoms with Crippen molar-refractivity contribution in [1.29, 1.82) is 0 Å². The van der Waals surface area contributed by atoms with Crippen molar-refractivity contribution in [1.82, 2.24) is 10.4 Å². The van der Waals surface area contributed by atoms with Crippen molar-refractivity contribution < 1.29 is 14.3 Å². The number of pyridine rings is 1. The zero-order valence-corrected chi connectivity index (χ0v) is 12.6. The molecule has 7 heteroatoms. The van der Waals surface area contributed by atoms with Crippen LogP contribution in [0.2, 0.25) is 0 Å². The first-order valence-corrected chi connectivity index (χ1v) is 7.18. The van der Waals surface area contributed by atoms with Crippen LogP contribution in [0.3, 0.4) is 0 Å². The minimum absolute atomic E-state index is 0.282. The Kier molecular flexibility index (Phi) is 4.33. The first-order valence-electron chi connectivity index (χ1n) is 7.18. The molecule has 0 unspecified atom stereocenters. The molecule has 3 N–H and O–H groups in total. The molecule has 1 aromatic carbocycles. The third-order valence-corrected chi connectivity index (χ3v) is 3.36. The van der Waals surface area contributed by atoms with Gasteiger partial charge in [-0.25, -0.2) is 10.2 Å². The van der Waals surface area contributed by atoms with Gasteiger partial charge in [0, 0.05) is 18.0 Å². The van der Waals surface area contributed by atoms with Crippen LogP contribution in [0.4, 0.5) is 4.79 Å². The van der Waals surface area contributed by atoms with Gasteiger partial charge in [0.2, 0.25) is 0 Å². The molecule has 0 saturated carbocycles. The third kappa shape index (κ3) is 3.30. The molecule has 3 rings (SSSR count). The van der Waals surface area contributed by atoms with Crippen molar-refractivity contribution in [3.05, 3.63) is 60.0 Å². The van der Waals surface area contributed by atoms with Crippen molar-refractivity contribution >= 4 is 28.9 Å². The first-order chi connectivity index (χ1) is 11.7. The van der Waals surface area contributed by atoms with E-state index in [9.17, 15) is 9.59 Å². The van der Waals surface area contributed by atoms with Crippen LogP contribution in [0.15, 0.2) is 65.1 Å². The molecule has 0 fully saturated rings. The van der Waals surface area contributed by atoms with E-state index in [4.69, 9.17) is 10.5 Å². The number of hydrogen-bond acceptors (Lipinski definition) is 5. The lowest BCUT2D eigenvalue weighted by atomic mass is 10.0. The van der Waals surface area contributed by atoms with Gasteiger partial charge in [-0.15, -0.1) is 0 Å². The highest BCUT2D eigenvalue weighted by Crippen LogP contribution is 2.24. The van der Waals surface area contributed by atoms with Crippen molar-refractivity contribution in [3.8, 4) is 5.75 Å². The van der Waals surface area contributed by atoms with Crippen molar-refractivity contribution in [2.75, 3.05) is 0 Å². The fourth-order valence-electron chi connectivity index (χ4n) is 2.30. The number of carbonyl (C=O) groups is 2. The van der Waals surface area contributed by atoms with Crippen LogP contribution >= 0.6 is 0 Å². The quantitative estimate of drug-likeness (QED) is 0.663. The van der Waals surface area contributed by atoms with Gasteiger partial charge in [-0.2, -0.15) is 5.10 Å². The number of nitrogens with two attached hydrogens (primary N) is 1. The lowest BCUT2D eigenvalue weighted by Gasteiger charge is -2.16. The summed E-state index contributed by atoms with van der Waals surface area (Å²) in [5.74, 6) is 0.816. The van der Waals surface area contributed by atoms with Gasteiger partial charge < -0.3 is 10.5 Å². The van der Waals surface area contributed by atoms with Crippen molar-refractivity contribution in [2.24, 2.45) is 10.8 Å². The summed E-state index contributed by atoms with van der Waals surface area (Å²) in [6.45, 7) is 0. The summed E-state index contributed by atoms with van der Waals surface area (Å²) < 4.78 is 5.86. The number of nitrogens with one attached hydrogen (secondary N) is 1. The zero-order chi connectivity index (χ0) is 16.9. The summed E-state index contributed by atoms with van der Waals surface area (Å²) in [5.41, 5.74) is 8.76. The predicted octanol–water partition coefficient (Wildman–Crippen LogP) is 2.05. The minimum Gasteiger partial charge on any atom is -0.455 e. The van der Waals surface area contributed by atoms with E-state index in [2.05, 4.69) is 15.5 Å². The van der Waals surface area contributed by atoms with Crippen LogP contribution in [0, 0.1) is 0 Å². The van der Waals surface area contributed by atoms with E-state index < -0.39 is 6.03 Å². The summed E-state index contributed by atoms with van der Waals surface area (Å²) >= 11 is 0. The van der Waals surface area contributed by atoms with Crippen molar-refractivity contribution in [2.45, 2.75) is 6.42 Å². The van der Waals surface area contributed by atoms with Gasteiger partial charge >= 0.3 is 6.03 Å². The van der Waals surface area contributed by atoms with Gasteiger partial charge in [-0.05, 0) is 24.3 Å². The van der Waals surface area contributed by atoms with Gasteiger partial charge in [-0.1, -0.05) is 18.2 Å². The second-order valence-electron chi connectivity index (χ2n) is 5.00. The Bertz CT molecular complexity index is 900. The predicted molar refractivity (Wildman–Crippen MR) is 89.4 cm³/mol. The van der Waals surface area contributed by atoms with E-state index in [1.807, 2.05) is 24.3 Å². The molecule has 1 heterocycles. The first kappa shape index (κ1) is 15.4. The standard InChI is InChI=1S/C17H14N4O3/c18-17(23)21-20-15-5-1-3-12(10-22)16(15)24-13-6-7-14-11(9-13)4-2-8-19-14/h1-4,6-10H,5H2,(H3,18,21,23). The second kappa shape index (κ2) is 6.74. The Morgan fingerprint density at radius 3 is 3.04 bits per heavy atom. The van der Waals surface area contributed by atoms with Crippen LogP contribution in [0.5, 0.6) is 5.75 Å². The maximum atomic E-state index is 11.3. The Morgan fingerprint density at radius 2 is 2.25 bits per heavy atom. The van der Waals surface area contributed by atoms with Gasteiger partial charge in [0.05, 0.1) is 11.1 Å². The van der Waals surface area contributed by atoms with Gasteiger partial charge in [0.15, 0.2) is 12.0 Å². The molecule has 0 atom stereocenters. The molecular formula is C17H14N4O3. The van der Waals surface area contributed by atoms with Crippen LogP contribution in [0.25, 0.3) is 10.9 Å². The Morgan fingerprint density at radius 1 is 1.38 bits per heavy atom. The molecule has 2 amide bonds. The number of carbonyl (C=O) groups excluding carboxylic acids is 2. The molecule has 0 saturated heterocycles. The van der Waals surface area contributed by atoms with Crippen molar-refractivity contribution in [3.63, 3.8) is 0 Å². The highest BCUT2D eigenvalue weighted by atomic mass is 16.5. The number of hydrogen-bond donors (Lipinski definition) is 2. The maximum Gasteiger partial charge on any atom is 0.332 e. The number of amides is 2. The molecule has 24 heavy (non-hydrogen) atoms. The number of allylic oxidation sites excluding steroid dienone is 4. The van der Waals surface area contributed by atoms with E-state index in [1.54, 1.807) is 24.4 Å². The van der Waals surface area contributed by atoms with Crippen LogP contribution < -0.4 is 15.9 Å². The summed E-state index contributed by atoms with van der Waals surface area (Å²) in [7, 11) is 0. The average Bonchev–Trinajstić information content (AvgIpc) is 2.60. The molecule has 0 aliphatic heterocycles. The lowest BCUT2D eigenvalue weighted by Crippen LogP contribution is -2.27. The summed E-state index contributed by atoms with van der Waals surface area (Å²) in [6, 6.07) is 8.34. The molecule has 2 aromatic rings. The number of rotatable bonds is 4. The number of ether oxygens (including phenoxy) is 1. The Balaban J connectivity index is 1.97. The van der Waals surface area contributed by atoms with Crippen LogP contribution in [-0.2, 0) is 4.79 Å². The number of nitrogens with zero attached hydrogens (tertiary/aromatic N) is 2. The highest BCUT2D eigenvalue weighted by Gasteiger charge is 2.18. The summed E-state index contributed by atoms with van der Waals surface area (Å²) in [5, 5.41) is 4.81. The summed E-state index contributed by atoms with van der Waals surface area (Å²) in [6.07, 6.45) is 6.19. The van der Waals surface area contributed by atoms with Gasteiger partial charge in [0.25, 0.3) is 0 Å². The molecule has 0 spiro atoms. The van der Waals surface area contributed by atoms with E-state index in [1.165, 1.54) is 0 Å². The molecule has 0 bridgehead atoms. The molecule has 120 valence electrons. The number of fused-ring (bicyclic) bond motifs is 1. The number of aldehydes is 1. The SMILES string of the molecule is NC(=O)NN=C1CC=CC(C=O)=C1Oc1ccc2ncccc2c1. The third-order valence-electron chi connectivity index (χ3n) is 3.36. The number of aromatic nitrogens is 1. The molecule has 7 nitrogen and oxygen atoms in total. The van der Waals surface area contributed by atoms with E-state index in [-0.39, 0.29) is 5.76 Å². The highest BCUT2D eigenvalue weighted by molar-refractivity contribution is 6.06. The largest absolute Gasteiger partial charge is 0.455 e. The number of urea groups is 1. The Hall–Kier alpha value is -3.48. The summed E-state index contributed by atoms with van der Waals surface area (Å²) in [4.78, 5) is 26.4. The number of hydrazone groups is 1. The molecule has 1 aromatic heterocycles. The molecule has 0 radical (unpaired) electrons. The number of primary amides is 1. The fourth-order valence-corrected chi connectivity index (χ4v) is 2.30. The lowest BCUT2D eigenvalue weighted by molar-refractivity contribution is -0.104. The number of benzene rings is 1. The van der Waals surface area contributed by atoms with Crippen LogP contribution in [-0.4, -0.2) is 23.0 Å². The molecule has 1 aliphatic rings.